The van der Waals surface area contributed by atoms with E-state index in [0.717, 1.165) is 28.9 Å². The predicted molar refractivity (Wildman–Crippen MR) is 123 cm³/mol. The van der Waals surface area contributed by atoms with Crippen LogP contribution < -0.4 is 5.32 Å². The van der Waals surface area contributed by atoms with E-state index >= 15 is 0 Å². The first-order chi connectivity index (χ1) is 15.5. The molecule has 2 unspecified atom stereocenters. The number of amides is 2. The van der Waals surface area contributed by atoms with Crippen LogP contribution in [0.25, 0.3) is 0 Å². The maximum absolute atomic E-state index is 13.8. The van der Waals surface area contributed by atoms with Crippen LogP contribution in [0, 0.1) is 0 Å². The maximum Gasteiger partial charge on any atom is 0.254 e. The normalized spacial score (nSPS) is 21.8. The summed E-state index contributed by atoms with van der Waals surface area (Å²) in [5.74, 6) is -0.113. The van der Waals surface area contributed by atoms with Crippen LogP contribution in [0.2, 0.25) is 0 Å². The number of pyridine rings is 1. The molecular formula is C26H26N4O2. The smallest absolute Gasteiger partial charge is 0.254 e. The first-order valence-corrected chi connectivity index (χ1v) is 10.9. The molecule has 32 heavy (non-hydrogen) atoms. The number of nitrogens with one attached hydrogen (secondary N) is 1. The van der Waals surface area contributed by atoms with E-state index in [-0.39, 0.29) is 11.8 Å². The maximum atomic E-state index is 13.8. The quantitative estimate of drug-likeness (QED) is 0.692. The SMILES string of the molecule is CN(C)Cc1cccc(C(=O)N2CCC3(C(=O)Nc4ccccc43)C2c2cccnc2)c1. The zero-order valence-corrected chi connectivity index (χ0v) is 18.3. The van der Waals surface area contributed by atoms with Gasteiger partial charge < -0.3 is 15.1 Å². The van der Waals surface area contributed by atoms with Gasteiger partial charge >= 0.3 is 0 Å². The van der Waals surface area contributed by atoms with Crippen LogP contribution in [0.4, 0.5) is 5.69 Å². The first kappa shape index (κ1) is 20.4. The third-order valence-corrected chi connectivity index (χ3v) is 6.52. The lowest BCUT2D eigenvalue weighted by molar-refractivity contribution is -0.121. The summed E-state index contributed by atoms with van der Waals surface area (Å²) in [5, 5.41) is 3.06. The minimum Gasteiger partial charge on any atom is -0.330 e. The average Bonchev–Trinajstić information content (AvgIpc) is 3.33. The van der Waals surface area contributed by atoms with Crippen molar-refractivity contribution in [3.8, 4) is 0 Å². The van der Waals surface area contributed by atoms with Crippen LogP contribution in [0.5, 0.6) is 0 Å². The van der Waals surface area contributed by atoms with Crippen LogP contribution in [-0.2, 0) is 16.8 Å². The zero-order valence-electron chi connectivity index (χ0n) is 18.3. The van der Waals surface area contributed by atoms with Crippen LogP contribution in [0.3, 0.4) is 0 Å². The molecule has 5 rings (SSSR count). The molecule has 1 N–H and O–H groups in total. The Labute approximate surface area is 187 Å². The topological polar surface area (TPSA) is 65.5 Å². The van der Waals surface area contributed by atoms with Gasteiger partial charge in [-0.15, -0.1) is 0 Å². The Morgan fingerprint density at radius 1 is 1.16 bits per heavy atom. The number of para-hydroxylation sites is 1. The largest absolute Gasteiger partial charge is 0.330 e. The molecule has 2 aliphatic heterocycles. The van der Waals surface area contributed by atoms with E-state index in [4.69, 9.17) is 0 Å². The van der Waals surface area contributed by atoms with E-state index in [2.05, 4.69) is 15.2 Å². The second-order valence-corrected chi connectivity index (χ2v) is 8.85. The number of hydrogen-bond donors (Lipinski definition) is 1. The summed E-state index contributed by atoms with van der Waals surface area (Å²) in [5.41, 5.74) is 3.55. The van der Waals surface area contributed by atoms with E-state index < -0.39 is 11.5 Å². The molecule has 162 valence electrons. The van der Waals surface area contributed by atoms with Gasteiger partial charge in [0.15, 0.2) is 0 Å². The molecule has 1 aromatic heterocycles. The van der Waals surface area contributed by atoms with Crippen molar-refractivity contribution in [3.05, 3.63) is 95.3 Å². The van der Waals surface area contributed by atoms with Gasteiger partial charge in [0.05, 0.1) is 6.04 Å². The van der Waals surface area contributed by atoms with Gasteiger partial charge in [0.1, 0.15) is 5.41 Å². The Morgan fingerprint density at radius 2 is 2.00 bits per heavy atom. The number of aromatic nitrogens is 1. The third-order valence-electron chi connectivity index (χ3n) is 6.52. The summed E-state index contributed by atoms with van der Waals surface area (Å²) in [6.07, 6.45) is 4.05. The lowest BCUT2D eigenvalue weighted by atomic mass is 9.73. The van der Waals surface area contributed by atoms with Crippen molar-refractivity contribution >= 4 is 17.5 Å². The monoisotopic (exact) mass is 426 g/mol. The highest BCUT2D eigenvalue weighted by Crippen LogP contribution is 2.54. The Balaban J connectivity index is 1.60. The molecule has 0 radical (unpaired) electrons. The van der Waals surface area contributed by atoms with Gasteiger partial charge in [-0.25, -0.2) is 0 Å². The van der Waals surface area contributed by atoms with E-state index in [9.17, 15) is 9.59 Å². The molecule has 2 amide bonds. The standard InChI is InChI=1S/C26H26N4O2/c1-29(2)17-18-7-5-8-19(15-18)24(31)30-14-12-26(23(30)20-9-6-13-27-16-20)21-10-3-4-11-22(21)28-25(26)32/h3-11,13,15-16,23H,12,14,17H2,1-2H3,(H,28,32). The number of likely N-dealkylation sites (tertiary alicyclic amines) is 1. The van der Waals surface area contributed by atoms with Crippen LogP contribution >= 0.6 is 0 Å². The fourth-order valence-electron chi connectivity index (χ4n) is 5.24. The molecule has 3 heterocycles. The second-order valence-electron chi connectivity index (χ2n) is 8.85. The highest BCUT2D eigenvalue weighted by Gasteiger charge is 2.59. The van der Waals surface area contributed by atoms with Crippen molar-refractivity contribution in [2.24, 2.45) is 0 Å². The fourth-order valence-corrected chi connectivity index (χ4v) is 5.24. The molecule has 6 nitrogen and oxygen atoms in total. The van der Waals surface area contributed by atoms with E-state index in [1.165, 1.54) is 0 Å². The lowest BCUT2D eigenvalue weighted by Gasteiger charge is -2.34. The van der Waals surface area contributed by atoms with E-state index in [0.29, 0.717) is 18.5 Å². The number of nitrogens with zero attached hydrogens (tertiary/aromatic N) is 3. The van der Waals surface area contributed by atoms with Crippen molar-refractivity contribution in [2.45, 2.75) is 24.4 Å². The summed E-state index contributed by atoms with van der Waals surface area (Å²) in [6, 6.07) is 19.0. The fraction of sp³-hybridized carbons (Fsp3) is 0.269. The Bertz CT molecular complexity index is 1180. The van der Waals surface area contributed by atoms with Crippen molar-refractivity contribution in [3.63, 3.8) is 0 Å². The zero-order chi connectivity index (χ0) is 22.3. The van der Waals surface area contributed by atoms with Crippen LogP contribution in [0.15, 0.2) is 73.1 Å². The van der Waals surface area contributed by atoms with Crippen molar-refractivity contribution in [2.75, 3.05) is 26.0 Å². The van der Waals surface area contributed by atoms with Gasteiger partial charge in [-0.2, -0.15) is 0 Å². The Kier molecular flexibility index (Phi) is 5.02. The predicted octanol–water partition coefficient (Wildman–Crippen LogP) is 3.62. The molecule has 1 saturated heterocycles. The van der Waals surface area contributed by atoms with Gasteiger partial charge in [0.2, 0.25) is 5.91 Å². The lowest BCUT2D eigenvalue weighted by Crippen LogP contribution is -2.42. The molecular weight excluding hydrogens is 400 g/mol. The van der Waals surface area contributed by atoms with Crippen LogP contribution in [-0.4, -0.2) is 47.2 Å². The molecule has 0 saturated carbocycles. The number of rotatable bonds is 4. The second kappa shape index (κ2) is 7.88. The average molecular weight is 427 g/mol. The molecule has 3 aromatic rings. The molecule has 2 atom stereocenters. The number of hydrogen-bond acceptors (Lipinski definition) is 4. The summed E-state index contributed by atoms with van der Waals surface area (Å²) >= 11 is 0. The first-order valence-electron chi connectivity index (χ1n) is 10.9. The van der Waals surface area contributed by atoms with Gasteiger partial charge in [-0.05, 0) is 61.5 Å². The third kappa shape index (κ3) is 3.19. The van der Waals surface area contributed by atoms with Gasteiger partial charge in [0.25, 0.3) is 5.91 Å². The summed E-state index contributed by atoms with van der Waals surface area (Å²) in [7, 11) is 4.01. The molecule has 0 bridgehead atoms. The van der Waals surface area contributed by atoms with Gasteiger partial charge in [-0.3, -0.25) is 14.6 Å². The molecule has 1 fully saturated rings. The summed E-state index contributed by atoms with van der Waals surface area (Å²) in [6.45, 7) is 1.25. The number of carbonyl (C=O) groups excluding carboxylic acids is 2. The minimum atomic E-state index is -0.823. The molecule has 2 aliphatic rings. The number of carbonyl (C=O) groups is 2. The van der Waals surface area contributed by atoms with Gasteiger partial charge in [-0.1, -0.05) is 36.4 Å². The molecule has 1 spiro atoms. The number of anilines is 1. The van der Waals surface area contributed by atoms with Gasteiger partial charge in [0, 0.05) is 36.7 Å². The highest BCUT2D eigenvalue weighted by molar-refractivity contribution is 6.08. The van der Waals surface area contributed by atoms with Crippen molar-refractivity contribution < 1.29 is 9.59 Å². The molecule has 2 aromatic carbocycles. The van der Waals surface area contributed by atoms with Crippen LogP contribution in [0.1, 0.15) is 39.5 Å². The Morgan fingerprint density at radius 3 is 2.78 bits per heavy atom. The number of fused-ring (bicyclic) bond motifs is 2. The van der Waals surface area contributed by atoms with E-state index in [1.807, 2.05) is 79.7 Å². The van der Waals surface area contributed by atoms with Crippen molar-refractivity contribution in [1.82, 2.24) is 14.8 Å². The Hall–Kier alpha value is -3.51. The van der Waals surface area contributed by atoms with E-state index in [1.54, 1.807) is 12.4 Å². The highest BCUT2D eigenvalue weighted by atomic mass is 16.2. The van der Waals surface area contributed by atoms with Crippen molar-refractivity contribution in [1.29, 1.82) is 0 Å². The minimum absolute atomic E-state index is 0.0517. The molecule has 0 aliphatic carbocycles. The number of benzene rings is 2. The summed E-state index contributed by atoms with van der Waals surface area (Å²) < 4.78 is 0. The molecule has 6 heteroatoms. The summed E-state index contributed by atoms with van der Waals surface area (Å²) in [4.78, 5) is 35.5.